The molecule has 0 spiro atoms. The Bertz CT molecular complexity index is 559. The number of hydrogen-bond acceptors (Lipinski definition) is 3. The molecule has 2 N–H and O–H groups in total. The Labute approximate surface area is 152 Å². The third-order valence-corrected chi connectivity index (χ3v) is 4.70. The number of nitrogens with zero attached hydrogens (tertiary/aromatic N) is 2. The number of piperidine rings is 1. The molecule has 25 heavy (non-hydrogen) atoms. The van der Waals surface area contributed by atoms with E-state index in [-0.39, 0.29) is 0 Å². The van der Waals surface area contributed by atoms with E-state index in [0.717, 1.165) is 44.3 Å². The highest BCUT2D eigenvalue weighted by molar-refractivity contribution is 5.79. The summed E-state index contributed by atoms with van der Waals surface area (Å²) >= 11 is 0. The number of aryl methyl sites for hydroxylation is 1. The van der Waals surface area contributed by atoms with Gasteiger partial charge in [0.15, 0.2) is 5.96 Å². The average molecular weight is 347 g/mol. The van der Waals surface area contributed by atoms with Crippen LogP contribution in [0.3, 0.4) is 0 Å². The van der Waals surface area contributed by atoms with Crippen LogP contribution in [0.1, 0.15) is 30.9 Å². The number of hydrogen-bond donors (Lipinski definition) is 2. The van der Waals surface area contributed by atoms with E-state index in [0.29, 0.717) is 5.92 Å². The van der Waals surface area contributed by atoms with Crippen molar-refractivity contribution in [2.24, 2.45) is 10.9 Å². The first-order chi connectivity index (χ1) is 12.1. The lowest BCUT2D eigenvalue weighted by molar-refractivity contribution is 0.214. The van der Waals surface area contributed by atoms with E-state index in [1.807, 2.05) is 6.07 Å². The second kappa shape index (κ2) is 10.3. The fraction of sp³-hybridized carbons (Fsp3) is 0.650. The van der Waals surface area contributed by atoms with Gasteiger partial charge in [-0.05, 0) is 64.3 Å². The number of rotatable bonds is 7. The highest BCUT2D eigenvalue weighted by atomic mass is 16.5. The van der Waals surface area contributed by atoms with Crippen molar-refractivity contribution in [3.05, 3.63) is 29.3 Å². The topological polar surface area (TPSA) is 48.9 Å². The standard InChI is InChI=1S/C20H34N4O/c1-5-21-20(23-14-17-7-6-12-24(3)15-17)22-11-10-18-13-16(2)8-9-19(18)25-4/h8-9,13,17H,5-7,10-12,14-15H2,1-4H3,(H2,21,22,23). The molecule has 2 rings (SSSR count). The van der Waals surface area contributed by atoms with Gasteiger partial charge in [-0.25, -0.2) is 0 Å². The van der Waals surface area contributed by atoms with Crippen molar-refractivity contribution < 1.29 is 4.74 Å². The fourth-order valence-electron chi connectivity index (χ4n) is 3.40. The molecule has 0 aliphatic carbocycles. The first kappa shape index (κ1) is 19.6. The number of benzene rings is 1. The maximum absolute atomic E-state index is 5.46. The lowest BCUT2D eigenvalue weighted by Crippen LogP contribution is -2.39. The molecule has 1 aliphatic heterocycles. The van der Waals surface area contributed by atoms with Crippen molar-refractivity contribution in [2.45, 2.75) is 33.1 Å². The van der Waals surface area contributed by atoms with Crippen LogP contribution in [0.4, 0.5) is 0 Å². The van der Waals surface area contributed by atoms with Gasteiger partial charge in [0.1, 0.15) is 5.75 Å². The summed E-state index contributed by atoms with van der Waals surface area (Å²) in [5, 5.41) is 6.81. The smallest absolute Gasteiger partial charge is 0.191 e. The highest BCUT2D eigenvalue weighted by Crippen LogP contribution is 2.19. The van der Waals surface area contributed by atoms with Gasteiger partial charge in [0.05, 0.1) is 7.11 Å². The maximum atomic E-state index is 5.46. The van der Waals surface area contributed by atoms with Gasteiger partial charge < -0.3 is 20.3 Å². The van der Waals surface area contributed by atoms with Crippen LogP contribution in [0.15, 0.2) is 23.2 Å². The Morgan fingerprint density at radius 3 is 2.92 bits per heavy atom. The molecular weight excluding hydrogens is 312 g/mol. The fourth-order valence-corrected chi connectivity index (χ4v) is 3.40. The SMILES string of the molecule is CCNC(=NCC1CCCN(C)C1)NCCc1cc(C)ccc1OC. The maximum Gasteiger partial charge on any atom is 0.191 e. The zero-order chi connectivity index (χ0) is 18.1. The van der Waals surface area contributed by atoms with Gasteiger partial charge in [0, 0.05) is 26.2 Å². The molecule has 0 amide bonds. The lowest BCUT2D eigenvalue weighted by atomic mass is 9.99. The van der Waals surface area contributed by atoms with E-state index in [1.165, 1.54) is 30.5 Å². The van der Waals surface area contributed by atoms with E-state index in [1.54, 1.807) is 7.11 Å². The minimum absolute atomic E-state index is 0.672. The summed E-state index contributed by atoms with van der Waals surface area (Å²) in [4.78, 5) is 7.21. The Balaban J connectivity index is 1.86. The van der Waals surface area contributed by atoms with Gasteiger partial charge in [-0.1, -0.05) is 17.7 Å². The van der Waals surface area contributed by atoms with Crippen LogP contribution < -0.4 is 15.4 Å². The van der Waals surface area contributed by atoms with Crippen molar-refractivity contribution in [1.82, 2.24) is 15.5 Å². The molecule has 1 saturated heterocycles. The van der Waals surface area contributed by atoms with Crippen LogP contribution in [0.25, 0.3) is 0 Å². The van der Waals surface area contributed by atoms with Crippen molar-refractivity contribution in [3.63, 3.8) is 0 Å². The van der Waals surface area contributed by atoms with Gasteiger partial charge >= 0.3 is 0 Å². The number of aliphatic imine (C=N–C) groups is 1. The summed E-state index contributed by atoms with van der Waals surface area (Å²) in [6.07, 6.45) is 3.49. The van der Waals surface area contributed by atoms with Crippen LogP contribution >= 0.6 is 0 Å². The molecule has 1 aromatic carbocycles. The predicted octanol–water partition coefficient (Wildman–Crippen LogP) is 2.44. The predicted molar refractivity (Wildman–Crippen MR) is 106 cm³/mol. The van der Waals surface area contributed by atoms with Crippen LogP contribution in [0.2, 0.25) is 0 Å². The zero-order valence-electron chi connectivity index (χ0n) is 16.3. The summed E-state index contributed by atoms with van der Waals surface area (Å²) in [6, 6.07) is 6.33. The Kier molecular flexibility index (Phi) is 8.06. The Morgan fingerprint density at radius 2 is 2.20 bits per heavy atom. The molecule has 1 heterocycles. The summed E-state index contributed by atoms with van der Waals surface area (Å²) in [7, 11) is 3.93. The summed E-state index contributed by atoms with van der Waals surface area (Å²) in [6.45, 7) is 9.21. The number of nitrogens with one attached hydrogen (secondary N) is 2. The molecular formula is C20H34N4O. The molecule has 0 saturated carbocycles. The largest absolute Gasteiger partial charge is 0.496 e. The number of likely N-dealkylation sites (tertiary alicyclic amines) is 1. The Morgan fingerprint density at radius 1 is 1.36 bits per heavy atom. The third kappa shape index (κ3) is 6.58. The molecule has 0 bridgehead atoms. The minimum atomic E-state index is 0.672. The van der Waals surface area contributed by atoms with E-state index >= 15 is 0 Å². The van der Waals surface area contributed by atoms with Crippen molar-refractivity contribution in [2.75, 3.05) is 46.9 Å². The highest BCUT2D eigenvalue weighted by Gasteiger charge is 2.16. The molecule has 1 aromatic rings. The second-order valence-corrected chi connectivity index (χ2v) is 6.98. The van der Waals surface area contributed by atoms with E-state index in [4.69, 9.17) is 9.73 Å². The summed E-state index contributed by atoms with van der Waals surface area (Å²) in [5.74, 6) is 2.55. The van der Waals surface area contributed by atoms with Gasteiger partial charge in [-0.3, -0.25) is 4.99 Å². The molecule has 0 aromatic heterocycles. The molecule has 5 heteroatoms. The van der Waals surface area contributed by atoms with Gasteiger partial charge in [0.2, 0.25) is 0 Å². The van der Waals surface area contributed by atoms with Gasteiger partial charge in [-0.2, -0.15) is 0 Å². The molecule has 1 aliphatic rings. The number of ether oxygens (including phenoxy) is 1. The normalized spacial score (nSPS) is 18.9. The van der Waals surface area contributed by atoms with Gasteiger partial charge in [-0.15, -0.1) is 0 Å². The van der Waals surface area contributed by atoms with Crippen molar-refractivity contribution >= 4 is 5.96 Å². The van der Waals surface area contributed by atoms with Gasteiger partial charge in [0.25, 0.3) is 0 Å². The lowest BCUT2D eigenvalue weighted by Gasteiger charge is -2.28. The van der Waals surface area contributed by atoms with E-state index in [2.05, 4.69) is 48.6 Å². The molecule has 5 nitrogen and oxygen atoms in total. The summed E-state index contributed by atoms with van der Waals surface area (Å²) in [5.41, 5.74) is 2.50. The van der Waals surface area contributed by atoms with Crippen LogP contribution in [-0.4, -0.2) is 57.7 Å². The Hall–Kier alpha value is -1.75. The number of guanidine groups is 1. The van der Waals surface area contributed by atoms with Crippen molar-refractivity contribution in [1.29, 1.82) is 0 Å². The van der Waals surface area contributed by atoms with Crippen molar-refractivity contribution in [3.8, 4) is 5.75 Å². The quantitative estimate of drug-likeness (QED) is 0.588. The monoisotopic (exact) mass is 346 g/mol. The van der Waals surface area contributed by atoms with E-state index < -0.39 is 0 Å². The number of methoxy groups -OCH3 is 1. The zero-order valence-corrected chi connectivity index (χ0v) is 16.3. The minimum Gasteiger partial charge on any atom is -0.496 e. The molecule has 1 unspecified atom stereocenters. The molecule has 1 atom stereocenters. The second-order valence-electron chi connectivity index (χ2n) is 6.98. The first-order valence-corrected chi connectivity index (χ1v) is 9.46. The van der Waals surface area contributed by atoms with Crippen LogP contribution in [0.5, 0.6) is 5.75 Å². The molecule has 0 radical (unpaired) electrons. The average Bonchev–Trinajstić information content (AvgIpc) is 2.60. The first-order valence-electron chi connectivity index (χ1n) is 9.46. The van der Waals surface area contributed by atoms with E-state index in [9.17, 15) is 0 Å². The summed E-state index contributed by atoms with van der Waals surface area (Å²) < 4.78 is 5.46. The third-order valence-electron chi connectivity index (χ3n) is 4.70. The van der Waals surface area contributed by atoms with Crippen LogP contribution in [0, 0.1) is 12.8 Å². The molecule has 1 fully saturated rings. The van der Waals surface area contributed by atoms with Crippen LogP contribution in [-0.2, 0) is 6.42 Å². The molecule has 140 valence electrons.